The third-order valence-corrected chi connectivity index (χ3v) is 16.5. The minimum atomic E-state index is -2.01. The fraction of sp³-hybridized carbons (Fsp3) is 0.509. The molecule has 4 amide bonds. The third kappa shape index (κ3) is 8.69. The Bertz CT molecular complexity index is 2720. The zero-order chi connectivity index (χ0) is 50.0. The number of ether oxygens (including phenoxy) is 2. The molecule has 6 aliphatic rings. The number of halogens is 2. The van der Waals surface area contributed by atoms with Gasteiger partial charge in [-0.2, -0.15) is 0 Å². The minimum absolute atomic E-state index is 0.0914. The van der Waals surface area contributed by atoms with Gasteiger partial charge in [0.05, 0.1) is 33.9 Å². The van der Waals surface area contributed by atoms with Gasteiger partial charge in [0.15, 0.2) is 0 Å². The summed E-state index contributed by atoms with van der Waals surface area (Å²) < 4.78 is 12.8. The molecular formula is C53H66BrClN8O7. The summed E-state index contributed by atoms with van der Waals surface area (Å²) in [4.78, 5) is 66.0. The number of methoxy groups -OCH3 is 1. The number of H-pyrrole nitrogens is 1. The van der Waals surface area contributed by atoms with Crippen LogP contribution >= 0.6 is 27.5 Å². The second kappa shape index (κ2) is 19.6. The number of fused-ring (bicyclic) bond motifs is 5. The lowest BCUT2D eigenvalue weighted by molar-refractivity contribution is -0.322. The summed E-state index contributed by atoms with van der Waals surface area (Å²) in [5, 5.41) is 23.0. The Kier molecular flexibility index (Phi) is 14.0. The highest BCUT2D eigenvalue weighted by atomic mass is 79.9. The van der Waals surface area contributed by atoms with Crippen LogP contribution in [0.1, 0.15) is 87.4 Å². The summed E-state index contributed by atoms with van der Waals surface area (Å²) >= 11 is 9.95. The smallest absolute Gasteiger partial charge is 0.281 e. The molecule has 10 rings (SSSR count). The van der Waals surface area contributed by atoms with E-state index in [1.54, 1.807) is 45.0 Å². The summed E-state index contributed by atoms with van der Waals surface area (Å²) in [5.74, 6) is -3.66. The fourth-order valence-electron chi connectivity index (χ4n) is 11.7. The SMILES string of the molecule is CC(C)C[C@H]1C(=O)N2CCC[C@H]2[C@]2(O)O[C@](NC(=O)[C@@H]3C=C4c5cccc6[nH]c(Br)c(c56)C[C@H]4N(C)C3)(C(C)C)C(=O)N12.CNc1cc(OC)c(C(=O)N[C@H]2CCN(Cc3ccccc3)[C@H]2C)cc1Cl. The van der Waals surface area contributed by atoms with Crippen molar-refractivity contribution in [1.29, 1.82) is 0 Å². The number of likely N-dealkylation sites (N-methyl/N-ethyl adjacent to an activating group) is 1. The van der Waals surface area contributed by atoms with E-state index in [0.717, 1.165) is 59.3 Å². The Morgan fingerprint density at radius 1 is 1.06 bits per heavy atom. The average Bonchev–Trinajstić information content (AvgIpc) is 4.10. The van der Waals surface area contributed by atoms with Crippen LogP contribution in [0.15, 0.2) is 71.3 Å². The Balaban J connectivity index is 0.000000194. The molecule has 4 fully saturated rings. The van der Waals surface area contributed by atoms with E-state index in [4.69, 9.17) is 21.1 Å². The maximum absolute atomic E-state index is 14.4. The Morgan fingerprint density at radius 3 is 2.51 bits per heavy atom. The zero-order valence-electron chi connectivity index (χ0n) is 41.3. The first-order chi connectivity index (χ1) is 33.4. The quantitative estimate of drug-likeness (QED) is 0.106. The van der Waals surface area contributed by atoms with Gasteiger partial charge in [-0.05, 0) is 102 Å². The first-order valence-corrected chi connectivity index (χ1v) is 25.8. The molecule has 3 aromatic carbocycles. The number of benzene rings is 3. The van der Waals surface area contributed by atoms with Gasteiger partial charge < -0.3 is 35.7 Å². The van der Waals surface area contributed by atoms with Gasteiger partial charge in [0.25, 0.3) is 17.7 Å². The molecule has 1 aromatic heterocycles. The number of likely N-dealkylation sites (tertiary alicyclic amines) is 1. The molecule has 15 nitrogen and oxygen atoms in total. The Labute approximate surface area is 423 Å². The molecule has 374 valence electrons. The van der Waals surface area contributed by atoms with Crippen LogP contribution in [0.2, 0.25) is 5.02 Å². The average molecular weight is 1040 g/mol. The van der Waals surface area contributed by atoms with E-state index in [2.05, 4.69) is 90.0 Å². The molecule has 5 N–H and O–H groups in total. The minimum Gasteiger partial charge on any atom is -0.496 e. The third-order valence-electron chi connectivity index (χ3n) is 15.5. The molecule has 0 bridgehead atoms. The van der Waals surface area contributed by atoms with E-state index in [1.165, 1.54) is 21.4 Å². The number of nitrogens with zero attached hydrogens (tertiary/aromatic N) is 4. The number of aromatic amines is 1. The normalized spacial score (nSPS) is 28.3. The maximum Gasteiger partial charge on any atom is 0.281 e. The van der Waals surface area contributed by atoms with E-state index < -0.39 is 41.5 Å². The number of anilines is 1. The van der Waals surface area contributed by atoms with Crippen LogP contribution in [0.25, 0.3) is 16.5 Å². The highest BCUT2D eigenvalue weighted by Gasteiger charge is 2.72. The molecule has 4 saturated heterocycles. The standard InChI is InChI=1S/C32H40BrN5O5.C21H26ClN3O2/c1-16(2)12-24-29(40)37-11-7-10-25(37)32(42)38(24)30(41)31(43-32,17(3)4)35-28(39)18-13-20-19-8-6-9-22-26(19)21(27(33)34-22)14-23(20)36(5)15-18;1-14-18(9-10-25(14)13-15-7-5-4-6-8-15)24-21(26)16-11-17(22)19(23-2)12-20(16)27-3/h6,8-9,13,16-18,23-25,34,42H,7,10-12,14-15H2,1-5H3,(H,35,39);4-8,11-12,14,18,23H,9-10,13H2,1-3H3,(H,24,26)/t18-,23-,24+,25+,31-,32+;14-,18-/m10/s1. The van der Waals surface area contributed by atoms with E-state index >= 15 is 0 Å². The van der Waals surface area contributed by atoms with Gasteiger partial charge in [0, 0.05) is 74.2 Å². The molecule has 0 radical (unpaired) electrons. The van der Waals surface area contributed by atoms with E-state index in [1.807, 2.05) is 39.1 Å². The highest BCUT2D eigenvalue weighted by molar-refractivity contribution is 9.10. The van der Waals surface area contributed by atoms with Gasteiger partial charge in [-0.25, -0.2) is 0 Å². The van der Waals surface area contributed by atoms with Crippen LogP contribution in [0, 0.1) is 17.8 Å². The fourth-order valence-corrected chi connectivity index (χ4v) is 12.6. The number of rotatable bonds is 11. The number of nitrogens with one attached hydrogen (secondary N) is 4. The number of hydrogen-bond donors (Lipinski definition) is 5. The number of aliphatic hydroxyl groups is 1. The van der Waals surface area contributed by atoms with E-state index in [0.29, 0.717) is 42.3 Å². The maximum atomic E-state index is 14.4. The van der Waals surface area contributed by atoms with Crippen molar-refractivity contribution in [1.82, 2.24) is 35.2 Å². The molecule has 0 spiro atoms. The topological polar surface area (TPSA) is 172 Å². The van der Waals surface area contributed by atoms with Crippen molar-refractivity contribution < 1.29 is 33.8 Å². The predicted octanol–water partition coefficient (Wildman–Crippen LogP) is 6.98. The molecule has 1 aliphatic carbocycles. The zero-order valence-corrected chi connectivity index (χ0v) is 43.6. The number of hydrogen-bond acceptors (Lipinski definition) is 10. The second-order valence-electron chi connectivity index (χ2n) is 20.5. The highest BCUT2D eigenvalue weighted by Crippen LogP contribution is 2.49. The number of carbonyl (C=O) groups is 4. The largest absolute Gasteiger partial charge is 0.496 e. The molecule has 17 heteroatoms. The molecule has 6 heterocycles. The van der Waals surface area contributed by atoms with Crippen LogP contribution in [0.4, 0.5) is 5.69 Å². The molecule has 8 atom stereocenters. The van der Waals surface area contributed by atoms with Gasteiger partial charge in [-0.3, -0.25) is 38.6 Å². The first kappa shape index (κ1) is 50.0. The van der Waals surface area contributed by atoms with Gasteiger partial charge in [0.2, 0.25) is 17.5 Å². The Hall–Kier alpha value is -4.97. The van der Waals surface area contributed by atoms with Crippen LogP contribution in [-0.4, -0.2) is 136 Å². The summed E-state index contributed by atoms with van der Waals surface area (Å²) in [6.45, 7) is 12.6. The van der Waals surface area contributed by atoms with Gasteiger partial charge >= 0.3 is 0 Å². The molecule has 5 aliphatic heterocycles. The lowest BCUT2D eigenvalue weighted by Gasteiger charge is -2.49. The van der Waals surface area contributed by atoms with Crippen LogP contribution in [0.3, 0.4) is 0 Å². The van der Waals surface area contributed by atoms with Crippen LogP contribution in [0.5, 0.6) is 5.75 Å². The first-order valence-electron chi connectivity index (χ1n) is 24.6. The number of piperazine rings is 1. The molecule has 0 unspecified atom stereocenters. The molecular weight excluding hydrogens is 976 g/mol. The van der Waals surface area contributed by atoms with Crippen molar-refractivity contribution in [2.75, 3.05) is 46.2 Å². The van der Waals surface area contributed by atoms with E-state index in [-0.39, 0.29) is 41.8 Å². The van der Waals surface area contributed by atoms with Gasteiger partial charge in [-0.15, -0.1) is 0 Å². The number of carbonyl (C=O) groups excluding carboxylic acids is 4. The Morgan fingerprint density at radius 2 is 1.81 bits per heavy atom. The number of aromatic nitrogens is 1. The lowest BCUT2D eigenvalue weighted by Crippen LogP contribution is -2.71. The van der Waals surface area contributed by atoms with Gasteiger partial charge in [-0.1, -0.05) is 87.8 Å². The van der Waals surface area contributed by atoms with Crippen LogP contribution < -0.4 is 20.7 Å². The predicted molar refractivity (Wildman–Crippen MR) is 274 cm³/mol. The molecule has 70 heavy (non-hydrogen) atoms. The van der Waals surface area contributed by atoms with Crippen molar-refractivity contribution >= 4 is 73.3 Å². The molecule has 4 aromatic rings. The summed E-state index contributed by atoms with van der Waals surface area (Å²) in [5.41, 5.74) is 5.14. The number of amides is 4. The second-order valence-corrected chi connectivity index (χ2v) is 21.7. The summed E-state index contributed by atoms with van der Waals surface area (Å²) in [7, 11) is 5.36. The van der Waals surface area contributed by atoms with Crippen molar-refractivity contribution in [3.8, 4) is 5.75 Å². The lowest BCUT2D eigenvalue weighted by atomic mass is 9.79. The van der Waals surface area contributed by atoms with Crippen molar-refractivity contribution in [3.63, 3.8) is 0 Å². The monoisotopic (exact) mass is 1040 g/mol. The summed E-state index contributed by atoms with van der Waals surface area (Å²) in [6, 6.07) is 18.9. The van der Waals surface area contributed by atoms with Crippen molar-refractivity contribution in [3.05, 3.63) is 98.6 Å². The van der Waals surface area contributed by atoms with Crippen LogP contribution in [-0.2, 0) is 32.1 Å². The van der Waals surface area contributed by atoms with Crippen molar-refractivity contribution in [2.24, 2.45) is 17.8 Å². The van der Waals surface area contributed by atoms with Gasteiger partial charge in [0.1, 0.15) is 17.8 Å². The van der Waals surface area contributed by atoms with E-state index in [9.17, 15) is 24.3 Å². The van der Waals surface area contributed by atoms with Crippen molar-refractivity contribution in [2.45, 2.75) is 115 Å². The molecule has 0 saturated carbocycles. The summed E-state index contributed by atoms with van der Waals surface area (Å²) in [6.07, 6.45) is 5.41.